The van der Waals surface area contributed by atoms with Gasteiger partial charge in [0.15, 0.2) is 0 Å². The zero-order valence-corrected chi connectivity index (χ0v) is 10.4. The molecule has 1 unspecified atom stereocenters. The Labute approximate surface area is 108 Å². The minimum absolute atomic E-state index is 0.708. The van der Waals surface area contributed by atoms with Crippen LogP contribution >= 0.6 is 0 Å². The van der Waals surface area contributed by atoms with Crippen LogP contribution in [-0.2, 0) is 12.8 Å². The van der Waals surface area contributed by atoms with Gasteiger partial charge in [-0.25, -0.2) is 0 Å². The number of allylic oxidation sites excluding steroid dienone is 8. The maximum absolute atomic E-state index is 2.34. The Kier molecular flexibility index (Phi) is 2.16. The van der Waals surface area contributed by atoms with Crippen LogP contribution in [0.5, 0.6) is 0 Å². The number of benzene rings is 1. The summed E-state index contributed by atoms with van der Waals surface area (Å²) in [4.78, 5) is 0. The van der Waals surface area contributed by atoms with Gasteiger partial charge in [0.1, 0.15) is 0 Å². The van der Waals surface area contributed by atoms with Crippen LogP contribution in [-0.4, -0.2) is 0 Å². The quantitative estimate of drug-likeness (QED) is 0.682. The van der Waals surface area contributed by atoms with Gasteiger partial charge in [0.05, 0.1) is 0 Å². The van der Waals surface area contributed by atoms with Crippen molar-refractivity contribution in [3.63, 3.8) is 0 Å². The molecule has 0 saturated carbocycles. The molecule has 1 aromatic carbocycles. The third-order valence-corrected chi connectivity index (χ3v) is 4.39. The maximum atomic E-state index is 2.34. The second-order valence-electron chi connectivity index (χ2n) is 5.39. The van der Waals surface area contributed by atoms with Gasteiger partial charge in [0, 0.05) is 0 Å². The summed E-state index contributed by atoms with van der Waals surface area (Å²) < 4.78 is 0. The van der Waals surface area contributed by atoms with E-state index in [4.69, 9.17) is 0 Å². The van der Waals surface area contributed by atoms with Crippen molar-refractivity contribution < 1.29 is 0 Å². The molecule has 1 aromatic rings. The molecule has 0 radical (unpaired) electrons. The standard InChI is InChI=1S/C18H16/c1-2-5-15-12-16(9-8-13(15)4-1)18-11-10-14-6-3-7-17(14)18/h1-7,10-11,16H,8-9,12H2. The summed E-state index contributed by atoms with van der Waals surface area (Å²) in [6.45, 7) is 0. The fraction of sp³-hybridized carbons (Fsp3) is 0.222. The fourth-order valence-electron chi connectivity index (χ4n) is 3.43. The topological polar surface area (TPSA) is 0 Å². The lowest BCUT2D eigenvalue weighted by Gasteiger charge is -2.25. The summed E-state index contributed by atoms with van der Waals surface area (Å²) in [7, 11) is 0. The molecular formula is C18H16. The summed E-state index contributed by atoms with van der Waals surface area (Å²) in [5, 5.41) is 0. The first kappa shape index (κ1) is 10.1. The summed E-state index contributed by atoms with van der Waals surface area (Å²) in [5.74, 6) is 0.708. The Balaban J connectivity index is 1.70. The lowest BCUT2D eigenvalue weighted by atomic mass is 9.79. The van der Waals surface area contributed by atoms with E-state index in [0.29, 0.717) is 5.92 Å². The SMILES string of the molecule is C1=CC2=C(C3CCc4ccccc4C3)C=CC2=C1. The van der Waals surface area contributed by atoms with E-state index in [9.17, 15) is 0 Å². The third-order valence-electron chi connectivity index (χ3n) is 4.39. The minimum atomic E-state index is 0.708. The van der Waals surface area contributed by atoms with Crippen LogP contribution in [0.4, 0.5) is 0 Å². The van der Waals surface area contributed by atoms with E-state index >= 15 is 0 Å². The average molecular weight is 232 g/mol. The molecular weight excluding hydrogens is 216 g/mol. The van der Waals surface area contributed by atoms with Crippen molar-refractivity contribution in [1.82, 2.24) is 0 Å². The predicted octanol–water partition coefficient (Wildman–Crippen LogP) is 4.15. The molecule has 0 heterocycles. The van der Waals surface area contributed by atoms with E-state index in [1.807, 2.05) is 0 Å². The monoisotopic (exact) mass is 232 g/mol. The molecule has 18 heavy (non-hydrogen) atoms. The molecule has 4 rings (SSSR count). The molecule has 0 aromatic heterocycles. The summed E-state index contributed by atoms with van der Waals surface area (Å²) in [6.07, 6.45) is 15.0. The highest BCUT2D eigenvalue weighted by Gasteiger charge is 2.25. The van der Waals surface area contributed by atoms with Crippen molar-refractivity contribution in [2.75, 3.05) is 0 Å². The predicted molar refractivity (Wildman–Crippen MR) is 75.3 cm³/mol. The van der Waals surface area contributed by atoms with Crippen LogP contribution in [0, 0.1) is 5.92 Å². The van der Waals surface area contributed by atoms with Crippen LogP contribution < -0.4 is 0 Å². The smallest absolute Gasteiger partial charge is 0.0112 e. The molecule has 0 amide bonds. The lowest BCUT2D eigenvalue weighted by Crippen LogP contribution is -2.15. The molecule has 0 fully saturated rings. The first-order valence-electron chi connectivity index (χ1n) is 6.79. The van der Waals surface area contributed by atoms with Crippen LogP contribution in [0.15, 0.2) is 71.4 Å². The van der Waals surface area contributed by atoms with E-state index in [-0.39, 0.29) is 0 Å². The van der Waals surface area contributed by atoms with Gasteiger partial charge in [-0.1, -0.05) is 54.6 Å². The van der Waals surface area contributed by atoms with E-state index in [0.717, 1.165) is 0 Å². The molecule has 3 aliphatic rings. The van der Waals surface area contributed by atoms with E-state index in [1.54, 1.807) is 16.7 Å². The normalized spacial score (nSPS) is 24.2. The molecule has 1 atom stereocenters. The van der Waals surface area contributed by atoms with Gasteiger partial charge in [-0.15, -0.1) is 0 Å². The lowest BCUT2D eigenvalue weighted by molar-refractivity contribution is 0.534. The van der Waals surface area contributed by atoms with E-state index in [2.05, 4.69) is 54.6 Å². The summed E-state index contributed by atoms with van der Waals surface area (Å²) in [6, 6.07) is 8.92. The zero-order chi connectivity index (χ0) is 11.9. The van der Waals surface area contributed by atoms with Gasteiger partial charge in [-0.2, -0.15) is 0 Å². The number of hydrogen-bond acceptors (Lipinski definition) is 0. The average Bonchev–Trinajstić information content (AvgIpc) is 3.00. The van der Waals surface area contributed by atoms with Crippen LogP contribution in [0.1, 0.15) is 17.5 Å². The van der Waals surface area contributed by atoms with E-state index < -0.39 is 0 Å². The van der Waals surface area contributed by atoms with Gasteiger partial charge >= 0.3 is 0 Å². The molecule has 3 aliphatic carbocycles. The first-order chi connectivity index (χ1) is 8.92. The molecule has 0 nitrogen and oxygen atoms in total. The number of fused-ring (bicyclic) bond motifs is 2. The Hall–Kier alpha value is -1.82. The van der Waals surface area contributed by atoms with Crippen molar-refractivity contribution in [2.24, 2.45) is 5.92 Å². The zero-order valence-electron chi connectivity index (χ0n) is 10.4. The third kappa shape index (κ3) is 1.45. The largest absolute Gasteiger partial charge is 0.0620 e. The first-order valence-corrected chi connectivity index (χ1v) is 6.79. The number of hydrogen-bond donors (Lipinski definition) is 0. The minimum Gasteiger partial charge on any atom is -0.0620 e. The van der Waals surface area contributed by atoms with Crippen molar-refractivity contribution in [3.05, 3.63) is 82.5 Å². The van der Waals surface area contributed by atoms with Crippen molar-refractivity contribution in [2.45, 2.75) is 19.3 Å². The second kappa shape index (κ2) is 3.84. The fourth-order valence-corrected chi connectivity index (χ4v) is 3.43. The molecule has 0 N–H and O–H groups in total. The summed E-state index contributed by atoms with van der Waals surface area (Å²) >= 11 is 0. The van der Waals surface area contributed by atoms with Crippen molar-refractivity contribution >= 4 is 0 Å². The van der Waals surface area contributed by atoms with E-state index in [1.165, 1.54) is 30.4 Å². The molecule has 0 heteroatoms. The van der Waals surface area contributed by atoms with Gasteiger partial charge in [0.2, 0.25) is 0 Å². The molecule has 0 saturated heterocycles. The second-order valence-corrected chi connectivity index (χ2v) is 5.39. The Bertz CT molecular complexity index is 623. The van der Waals surface area contributed by atoms with Crippen LogP contribution in [0.3, 0.4) is 0 Å². The summed E-state index contributed by atoms with van der Waals surface area (Å²) in [5.41, 5.74) is 7.54. The highest BCUT2D eigenvalue weighted by molar-refractivity contribution is 5.64. The number of aryl methyl sites for hydroxylation is 1. The Morgan fingerprint density at radius 2 is 1.83 bits per heavy atom. The highest BCUT2D eigenvalue weighted by atomic mass is 14.3. The van der Waals surface area contributed by atoms with Gasteiger partial charge in [0.25, 0.3) is 0 Å². The highest BCUT2D eigenvalue weighted by Crippen LogP contribution is 2.39. The molecule has 0 spiro atoms. The Morgan fingerprint density at radius 1 is 0.944 bits per heavy atom. The van der Waals surface area contributed by atoms with Gasteiger partial charge < -0.3 is 0 Å². The van der Waals surface area contributed by atoms with Crippen molar-refractivity contribution in [1.29, 1.82) is 0 Å². The van der Waals surface area contributed by atoms with Crippen LogP contribution in [0.25, 0.3) is 0 Å². The van der Waals surface area contributed by atoms with Crippen LogP contribution in [0.2, 0.25) is 0 Å². The molecule has 88 valence electrons. The molecule has 0 aliphatic heterocycles. The van der Waals surface area contributed by atoms with Gasteiger partial charge in [-0.05, 0) is 53.0 Å². The van der Waals surface area contributed by atoms with Crippen molar-refractivity contribution in [3.8, 4) is 0 Å². The number of rotatable bonds is 1. The maximum Gasteiger partial charge on any atom is -0.0112 e. The molecule has 0 bridgehead atoms. The van der Waals surface area contributed by atoms with Gasteiger partial charge in [-0.3, -0.25) is 0 Å². The Morgan fingerprint density at radius 3 is 2.78 bits per heavy atom.